The summed E-state index contributed by atoms with van der Waals surface area (Å²) in [5.74, 6) is -0.669. The van der Waals surface area contributed by atoms with Crippen molar-refractivity contribution in [1.29, 1.82) is 0 Å². The van der Waals surface area contributed by atoms with E-state index in [1.165, 1.54) is 0 Å². The zero-order chi connectivity index (χ0) is 9.02. The molecule has 0 aliphatic rings. The van der Waals surface area contributed by atoms with Gasteiger partial charge in [0.2, 0.25) is 0 Å². The van der Waals surface area contributed by atoms with E-state index in [2.05, 4.69) is 0 Å². The van der Waals surface area contributed by atoms with Crippen LogP contribution < -0.4 is 11.5 Å². The van der Waals surface area contributed by atoms with Crippen molar-refractivity contribution in [3.63, 3.8) is 0 Å². The number of rotatable bonds is 4. The number of carbonyl (C=O) groups is 1. The highest BCUT2D eigenvalue weighted by Gasteiger charge is 2.18. The summed E-state index contributed by atoms with van der Waals surface area (Å²) in [6.45, 7) is 3.85. The van der Waals surface area contributed by atoms with Gasteiger partial charge in [0.15, 0.2) is 0 Å². The average molecular weight is 160 g/mol. The fraction of sp³-hybridized carbons (Fsp3) is 0.857. The Labute approximate surface area is 66.6 Å². The largest absolute Gasteiger partial charge is 0.481 e. The van der Waals surface area contributed by atoms with Gasteiger partial charge in [-0.05, 0) is 5.92 Å². The first-order chi connectivity index (χ1) is 4.95. The van der Waals surface area contributed by atoms with Crippen LogP contribution in [-0.2, 0) is 4.79 Å². The van der Waals surface area contributed by atoms with Gasteiger partial charge < -0.3 is 16.6 Å². The summed E-state index contributed by atoms with van der Waals surface area (Å²) in [4.78, 5) is 10.2. The molecule has 0 fully saturated rings. The third kappa shape index (κ3) is 3.95. The standard InChI is InChI=1S/C7H16N2O2/c1-4(2)7(9)5(8)3-6(10)11/h4-5,7H,3,8-9H2,1-2H3,(H,10,11). The van der Waals surface area contributed by atoms with Gasteiger partial charge in [-0.2, -0.15) is 0 Å². The molecule has 0 amide bonds. The van der Waals surface area contributed by atoms with E-state index in [0.717, 1.165) is 0 Å². The Morgan fingerprint density at radius 1 is 1.45 bits per heavy atom. The lowest BCUT2D eigenvalue weighted by molar-refractivity contribution is -0.137. The van der Waals surface area contributed by atoms with E-state index in [4.69, 9.17) is 16.6 Å². The fourth-order valence-corrected chi connectivity index (χ4v) is 0.832. The van der Waals surface area contributed by atoms with Crippen molar-refractivity contribution in [3.8, 4) is 0 Å². The third-order valence-electron chi connectivity index (χ3n) is 1.67. The van der Waals surface area contributed by atoms with Crippen LogP contribution in [0.2, 0.25) is 0 Å². The van der Waals surface area contributed by atoms with E-state index >= 15 is 0 Å². The van der Waals surface area contributed by atoms with Gasteiger partial charge in [0, 0.05) is 12.1 Å². The summed E-state index contributed by atoms with van der Waals surface area (Å²) in [6.07, 6.45) is -0.0562. The molecule has 66 valence electrons. The van der Waals surface area contributed by atoms with Gasteiger partial charge in [0.1, 0.15) is 0 Å². The van der Waals surface area contributed by atoms with E-state index in [1.54, 1.807) is 0 Å². The molecular formula is C7H16N2O2. The maximum atomic E-state index is 10.2. The molecule has 11 heavy (non-hydrogen) atoms. The summed E-state index contributed by atoms with van der Waals surface area (Å²) >= 11 is 0. The summed E-state index contributed by atoms with van der Waals surface area (Å²) in [5, 5.41) is 8.38. The van der Waals surface area contributed by atoms with Crippen molar-refractivity contribution < 1.29 is 9.90 Å². The minimum atomic E-state index is -0.895. The molecule has 5 N–H and O–H groups in total. The fourth-order valence-electron chi connectivity index (χ4n) is 0.832. The van der Waals surface area contributed by atoms with Crippen molar-refractivity contribution in [2.75, 3.05) is 0 Å². The van der Waals surface area contributed by atoms with Crippen molar-refractivity contribution in [2.45, 2.75) is 32.4 Å². The topological polar surface area (TPSA) is 89.3 Å². The zero-order valence-electron chi connectivity index (χ0n) is 6.95. The van der Waals surface area contributed by atoms with Gasteiger partial charge >= 0.3 is 5.97 Å². The van der Waals surface area contributed by atoms with E-state index in [1.807, 2.05) is 13.8 Å². The van der Waals surface area contributed by atoms with Gasteiger partial charge in [0.25, 0.3) is 0 Å². The number of carboxylic acids is 1. The molecule has 0 radical (unpaired) electrons. The second-order valence-electron chi connectivity index (χ2n) is 3.08. The first kappa shape index (κ1) is 10.4. The minimum absolute atomic E-state index is 0.0562. The van der Waals surface area contributed by atoms with E-state index < -0.39 is 12.0 Å². The maximum Gasteiger partial charge on any atom is 0.304 e. The van der Waals surface area contributed by atoms with E-state index in [9.17, 15) is 4.79 Å². The minimum Gasteiger partial charge on any atom is -0.481 e. The number of hydrogen-bond donors (Lipinski definition) is 3. The van der Waals surface area contributed by atoms with Crippen molar-refractivity contribution >= 4 is 5.97 Å². The summed E-state index contributed by atoms with van der Waals surface area (Å²) in [6, 6.07) is -0.668. The number of nitrogens with two attached hydrogens (primary N) is 2. The predicted molar refractivity (Wildman–Crippen MR) is 43.0 cm³/mol. The van der Waals surface area contributed by atoms with Gasteiger partial charge in [-0.25, -0.2) is 0 Å². The molecule has 0 saturated heterocycles. The van der Waals surface area contributed by atoms with Crippen LogP contribution in [0.1, 0.15) is 20.3 Å². The molecule has 4 nitrogen and oxygen atoms in total. The van der Waals surface area contributed by atoms with Crippen molar-refractivity contribution in [1.82, 2.24) is 0 Å². The summed E-state index contributed by atoms with van der Waals surface area (Å²) in [5.41, 5.74) is 11.1. The molecule has 0 saturated carbocycles. The van der Waals surface area contributed by atoms with Crippen LogP contribution in [0.4, 0.5) is 0 Å². The van der Waals surface area contributed by atoms with Crippen LogP contribution in [0, 0.1) is 5.92 Å². The van der Waals surface area contributed by atoms with E-state index in [0.29, 0.717) is 0 Å². The normalized spacial score (nSPS) is 16.5. The molecule has 4 heteroatoms. The first-order valence-electron chi connectivity index (χ1n) is 3.68. The molecule has 0 aliphatic heterocycles. The van der Waals surface area contributed by atoms with Crippen LogP contribution in [0.5, 0.6) is 0 Å². The Morgan fingerprint density at radius 2 is 1.91 bits per heavy atom. The third-order valence-corrected chi connectivity index (χ3v) is 1.67. The number of aliphatic carboxylic acids is 1. The highest BCUT2D eigenvalue weighted by atomic mass is 16.4. The number of hydrogen-bond acceptors (Lipinski definition) is 3. The summed E-state index contributed by atoms with van der Waals surface area (Å²) in [7, 11) is 0. The molecule has 0 aromatic carbocycles. The highest BCUT2D eigenvalue weighted by molar-refractivity contribution is 5.67. The second-order valence-corrected chi connectivity index (χ2v) is 3.08. The molecule has 0 aliphatic carbocycles. The second kappa shape index (κ2) is 4.31. The molecule has 2 atom stereocenters. The van der Waals surface area contributed by atoms with Crippen LogP contribution in [0.15, 0.2) is 0 Å². The molecule has 0 bridgehead atoms. The summed E-state index contributed by atoms with van der Waals surface area (Å²) < 4.78 is 0. The van der Waals surface area contributed by atoms with Gasteiger partial charge in [0.05, 0.1) is 6.42 Å². The van der Waals surface area contributed by atoms with Gasteiger partial charge in [-0.3, -0.25) is 4.79 Å². The molecule has 0 spiro atoms. The average Bonchev–Trinajstić information content (AvgIpc) is 1.84. The first-order valence-corrected chi connectivity index (χ1v) is 3.68. The monoisotopic (exact) mass is 160 g/mol. The Kier molecular flexibility index (Phi) is 4.07. The van der Waals surface area contributed by atoms with Crippen molar-refractivity contribution in [3.05, 3.63) is 0 Å². The highest BCUT2D eigenvalue weighted by Crippen LogP contribution is 2.04. The molecule has 2 unspecified atom stereocenters. The van der Waals surface area contributed by atoms with Crippen molar-refractivity contribution in [2.24, 2.45) is 17.4 Å². The van der Waals surface area contributed by atoms with Gasteiger partial charge in [-0.15, -0.1) is 0 Å². The van der Waals surface area contributed by atoms with E-state index in [-0.39, 0.29) is 18.4 Å². The Balaban J connectivity index is 3.82. The molecule has 0 aromatic rings. The quantitative estimate of drug-likeness (QED) is 0.530. The number of carboxylic acid groups (broad SMARTS) is 1. The Morgan fingerprint density at radius 3 is 2.18 bits per heavy atom. The van der Waals surface area contributed by atoms with Crippen LogP contribution in [-0.4, -0.2) is 23.2 Å². The molecule has 0 heterocycles. The molecule has 0 aromatic heterocycles. The molecular weight excluding hydrogens is 144 g/mol. The smallest absolute Gasteiger partial charge is 0.304 e. The van der Waals surface area contributed by atoms with Crippen LogP contribution in [0.3, 0.4) is 0 Å². The Bertz CT molecular complexity index is 136. The maximum absolute atomic E-state index is 10.2. The molecule has 0 rings (SSSR count). The predicted octanol–water partition coefficient (Wildman–Crippen LogP) is -0.228. The lowest BCUT2D eigenvalue weighted by Gasteiger charge is -2.21. The zero-order valence-corrected chi connectivity index (χ0v) is 6.95. The van der Waals surface area contributed by atoms with Crippen LogP contribution in [0.25, 0.3) is 0 Å². The lowest BCUT2D eigenvalue weighted by Crippen LogP contribution is -2.46. The lowest BCUT2D eigenvalue weighted by atomic mass is 9.96. The SMILES string of the molecule is CC(C)C(N)C(N)CC(=O)O. The Hall–Kier alpha value is -0.610. The van der Waals surface area contributed by atoms with Crippen LogP contribution >= 0.6 is 0 Å². The van der Waals surface area contributed by atoms with Gasteiger partial charge in [-0.1, -0.05) is 13.8 Å².